The smallest absolute Gasteiger partial charge is 0.251 e. The summed E-state index contributed by atoms with van der Waals surface area (Å²) in [5.41, 5.74) is 0.509. The van der Waals surface area contributed by atoms with Gasteiger partial charge in [0.1, 0.15) is 24.1 Å². The van der Waals surface area contributed by atoms with Gasteiger partial charge >= 0.3 is 0 Å². The maximum Gasteiger partial charge on any atom is 0.251 e. The molecule has 156 valence electrons. The van der Waals surface area contributed by atoms with Gasteiger partial charge in [0.15, 0.2) is 11.6 Å². The number of H-pyrrole nitrogens is 1. The van der Waals surface area contributed by atoms with Gasteiger partial charge in [-0.05, 0) is 37.5 Å². The molecule has 1 aliphatic rings. The van der Waals surface area contributed by atoms with Gasteiger partial charge in [-0.15, -0.1) is 0 Å². The Bertz CT molecular complexity index is 1140. The predicted octanol–water partition coefficient (Wildman–Crippen LogP) is 5.40. The van der Waals surface area contributed by atoms with Gasteiger partial charge in [0.25, 0.3) is 5.56 Å². The molecule has 30 heavy (non-hydrogen) atoms. The van der Waals surface area contributed by atoms with E-state index in [0.717, 1.165) is 31.7 Å². The maximum atomic E-state index is 14.5. The number of halogens is 3. The van der Waals surface area contributed by atoms with Crippen molar-refractivity contribution in [1.82, 2.24) is 9.97 Å². The second kappa shape index (κ2) is 8.34. The van der Waals surface area contributed by atoms with Crippen molar-refractivity contribution in [2.24, 2.45) is 0 Å². The van der Waals surface area contributed by atoms with E-state index in [1.807, 2.05) is 0 Å². The lowest BCUT2D eigenvalue weighted by molar-refractivity contribution is 0.286. The van der Waals surface area contributed by atoms with Crippen molar-refractivity contribution in [2.75, 3.05) is 0 Å². The van der Waals surface area contributed by atoms with Crippen molar-refractivity contribution < 1.29 is 17.9 Å². The molecule has 1 aromatic heterocycles. The fourth-order valence-corrected chi connectivity index (χ4v) is 3.87. The van der Waals surface area contributed by atoms with E-state index in [1.54, 1.807) is 0 Å². The molecule has 1 fully saturated rings. The van der Waals surface area contributed by atoms with Gasteiger partial charge in [-0.3, -0.25) is 4.79 Å². The summed E-state index contributed by atoms with van der Waals surface area (Å²) in [6.07, 6.45) is 4.12. The molecule has 0 amide bonds. The van der Waals surface area contributed by atoms with Gasteiger partial charge in [0.05, 0.1) is 5.69 Å². The first kappa shape index (κ1) is 20.2. The molecule has 2 aromatic carbocycles. The molecule has 0 spiro atoms. The van der Waals surface area contributed by atoms with Gasteiger partial charge in [0.2, 0.25) is 0 Å². The number of nitrogens with one attached hydrogen (secondary N) is 1. The van der Waals surface area contributed by atoms with Crippen LogP contribution in [0, 0.1) is 24.4 Å². The Labute approximate surface area is 171 Å². The number of aromatic amines is 1. The van der Waals surface area contributed by atoms with Crippen LogP contribution in [-0.2, 0) is 6.61 Å². The van der Waals surface area contributed by atoms with Crippen LogP contribution in [0.3, 0.4) is 0 Å². The molecule has 4 rings (SSSR count). The van der Waals surface area contributed by atoms with Crippen LogP contribution in [0.2, 0.25) is 0 Å². The van der Waals surface area contributed by atoms with Crippen molar-refractivity contribution in [2.45, 2.75) is 45.1 Å². The second-order valence-corrected chi connectivity index (χ2v) is 7.59. The monoisotopic (exact) mass is 414 g/mol. The van der Waals surface area contributed by atoms with E-state index < -0.39 is 17.5 Å². The summed E-state index contributed by atoms with van der Waals surface area (Å²) in [6, 6.07) is 7.52. The van der Waals surface area contributed by atoms with Crippen LogP contribution in [0.25, 0.3) is 11.1 Å². The lowest BCUT2D eigenvalue weighted by atomic mass is 10.0. The predicted molar refractivity (Wildman–Crippen MR) is 107 cm³/mol. The highest BCUT2D eigenvalue weighted by Crippen LogP contribution is 2.36. The van der Waals surface area contributed by atoms with Gasteiger partial charge < -0.3 is 9.72 Å². The molecule has 0 saturated heterocycles. The van der Waals surface area contributed by atoms with Crippen molar-refractivity contribution >= 4 is 0 Å². The molecule has 1 heterocycles. The molecule has 4 nitrogen and oxygen atoms in total. The Morgan fingerprint density at radius 2 is 1.80 bits per heavy atom. The summed E-state index contributed by atoms with van der Waals surface area (Å²) >= 11 is 0. The summed E-state index contributed by atoms with van der Waals surface area (Å²) in [7, 11) is 0. The average Bonchev–Trinajstić information content (AvgIpc) is 3.24. The zero-order valence-corrected chi connectivity index (χ0v) is 16.5. The highest BCUT2D eigenvalue weighted by atomic mass is 19.1. The summed E-state index contributed by atoms with van der Waals surface area (Å²) in [6.45, 7) is 1.35. The van der Waals surface area contributed by atoms with E-state index in [0.29, 0.717) is 11.5 Å². The minimum Gasteiger partial charge on any atom is -0.484 e. The maximum absolute atomic E-state index is 14.5. The zero-order chi connectivity index (χ0) is 21.3. The normalized spacial score (nSPS) is 14.3. The highest BCUT2D eigenvalue weighted by molar-refractivity contribution is 5.72. The van der Waals surface area contributed by atoms with Crippen LogP contribution >= 0.6 is 0 Å². The van der Waals surface area contributed by atoms with E-state index in [1.165, 1.54) is 37.3 Å². The lowest BCUT2D eigenvalue weighted by Gasteiger charge is -2.15. The third-order valence-electron chi connectivity index (χ3n) is 5.42. The number of benzene rings is 2. The van der Waals surface area contributed by atoms with Crippen LogP contribution in [0.5, 0.6) is 5.75 Å². The number of nitrogens with zero attached hydrogens (tertiary/aromatic N) is 1. The summed E-state index contributed by atoms with van der Waals surface area (Å²) in [4.78, 5) is 19.3. The number of aromatic nitrogens is 2. The van der Waals surface area contributed by atoms with Crippen molar-refractivity contribution in [1.29, 1.82) is 0 Å². The van der Waals surface area contributed by atoms with Gasteiger partial charge in [0, 0.05) is 29.2 Å². The third-order valence-corrected chi connectivity index (χ3v) is 5.42. The van der Waals surface area contributed by atoms with E-state index >= 15 is 0 Å². The Morgan fingerprint density at radius 1 is 1.03 bits per heavy atom. The van der Waals surface area contributed by atoms with Crippen LogP contribution in [0.15, 0.2) is 41.2 Å². The molecule has 1 N–H and O–H groups in total. The molecule has 1 aliphatic carbocycles. The summed E-state index contributed by atoms with van der Waals surface area (Å²) in [5.74, 6) is -1.53. The Kier molecular flexibility index (Phi) is 5.61. The number of hydrogen-bond donors (Lipinski definition) is 1. The van der Waals surface area contributed by atoms with E-state index in [4.69, 9.17) is 4.74 Å². The van der Waals surface area contributed by atoms with Crippen LogP contribution in [0.4, 0.5) is 13.2 Å². The molecule has 0 atom stereocenters. The van der Waals surface area contributed by atoms with Crippen molar-refractivity contribution in [3.05, 3.63) is 81.3 Å². The standard InChI is InChI=1S/C23H21F3N2O2/c1-13-9-17(20(26)11-19(13)25)16-7-4-8-18(24)22(16)30-12-15-10-21(29)28-23(27-15)14-5-2-3-6-14/h4,7-11,14H,2-3,5-6,12H2,1H3,(H,27,28,29). The number of rotatable bonds is 5. The van der Waals surface area contributed by atoms with Crippen molar-refractivity contribution in [3.63, 3.8) is 0 Å². The zero-order valence-electron chi connectivity index (χ0n) is 16.5. The Balaban J connectivity index is 1.65. The summed E-state index contributed by atoms with van der Waals surface area (Å²) < 4.78 is 48.2. The molecule has 3 aromatic rings. The third kappa shape index (κ3) is 4.10. The first-order valence-electron chi connectivity index (χ1n) is 9.90. The van der Waals surface area contributed by atoms with E-state index in [2.05, 4.69) is 9.97 Å². The van der Waals surface area contributed by atoms with E-state index in [9.17, 15) is 18.0 Å². The first-order chi connectivity index (χ1) is 14.4. The highest BCUT2D eigenvalue weighted by Gasteiger charge is 2.21. The quantitative estimate of drug-likeness (QED) is 0.608. The molecule has 0 unspecified atom stereocenters. The van der Waals surface area contributed by atoms with E-state index in [-0.39, 0.29) is 40.5 Å². The molecular weight excluding hydrogens is 393 g/mol. The number of para-hydroxylation sites is 1. The fourth-order valence-electron chi connectivity index (χ4n) is 3.87. The molecule has 0 bridgehead atoms. The SMILES string of the molecule is Cc1cc(-c2cccc(F)c2OCc2cc(=O)[nH]c(C3CCCC3)n2)c(F)cc1F. The lowest BCUT2D eigenvalue weighted by Crippen LogP contribution is -2.16. The van der Waals surface area contributed by atoms with Crippen LogP contribution < -0.4 is 10.3 Å². The summed E-state index contributed by atoms with van der Waals surface area (Å²) in [5, 5.41) is 0. The van der Waals surface area contributed by atoms with Gasteiger partial charge in [-0.25, -0.2) is 18.2 Å². The largest absolute Gasteiger partial charge is 0.484 e. The number of aryl methyl sites for hydroxylation is 1. The Morgan fingerprint density at radius 3 is 2.57 bits per heavy atom. The molecule has 7 heteroatoms. The first-order valence-corrected chi connectivity index (χ1v) is 9.90. The molecule has 0 radical (unpaired) electrons. The van der Waals surface area contributed by atoms with Gasteiger partial charge in [-0.2, -0.15) is 0 Å². The molecule has 1 saturated carbocycles. The average molecular weight is 414 g/mol. The second-order valence-electron chi connectivity index (χ2n) is 7.59. The molecule has 0 aliphatic heterocycles. The minimum atomic E-state index is -0.814. The fraction of sp³-hybridized carbons (Fsp3) is 0.304. The minimum absolute atomic E-state index is 0.0360. The van der Waals surface area contributed by atoms with Crippen molar-refractivity contribution in [3.8, 4) is 16.9 Å². The van der Waals surface area contributed by atoms with Crippen LogP contribution in [0.1, 0.15) is 48.7 Å². The number of ether oxygens (including phenoxy) is 1. The number of hydrogen-bond acceptors (Lipinski definition) is 3. The van der Waals surface area contributed by atoms with Crippen LogP contribution in [-0.4, -0.2) is 9.97 Å². The topological polar surface area (TPSA) is 55.0 Å². The van der Waals surface area contributed by atoms with Gasteiger partial charge in [-0.1, -0.05) is 25.0 Å². The Hall–Kier alpha value is -3.09. The molecular formula is C23H21F3N2O2.